The number of nitrogens with one attached hydrogen (secondary N) is 1. The molecular formula is C12H17N3O2. The van der Waals surface area contributed by atoms with Crippen LogP contribution in [0.5, 0.6) is 0 Å². The Hall–Kier alpha value is -1.62. The van der Waals surface area contributed by atoms with Gasteiger partial charge in [-0.1, -0.05) is 0 Å². The van der Waals surface area contributed by atoms with Crippen LogP contribution in [0.4, 0.5) is 0 Å². The largest absolute Gasteiger partial charge is 0.336 e. The average Bonchev–Trinajstić information content (AvgIpc) is 3.14. The first kappa shape index (κ1) is 11.9. The van der Waals surface area contributed by atoms with E-state index >= 15 is 0 Å². The fourth-order valence-electron chi connectivity index (χ4n) is 1.81. The number of rotatable bonds is 5. The number of nitrogens with zero attached hydrogens (tertiary/aromatic N) is 1. The Labute approximate surface area is 99.6 Å². The van der Waals surface area contributed by atoms with Crippen molar-refractivity contribution in [3.63, 3.8) is 0 Å². The third-order valence-electron chi connectivity index (χ3n) is 2.88. The maximum atomic E-state index is 12.2. The first-order valence-corrected chi connectivity index (χ1v) is 5.92. The zero-order valence-corrected chi connectivity index (χ0v) is 9.69. The lowest BCUT2D eigenvalue weighted by atomic mass is 10.2. The number of pyridine rings is 1. The number of nitrogens with two attached hydrogens (primary N) is 1. The number of carbonyl (C=O) groups excluding carboxylic acids is 1. The van der Waals surface area contributed by atoms with Crippen LogP contribution in [0, 0.1) is 0 Å². The van der Waals surface area contributed by atoms with E-state index in [1.165, 1.54) is 12.3 Å². The minimum Gasteiger partial charge on any atom is -0.336 e. The summed E-state index contributed by atoms with van der Waals surface area (Å²) >= 11 is 0. The van der Waals surface area contributed by atoms with Crippen molar-refractivity contribution in [1.29, 1.82) is 0 Å². The van der Waals surface area contributed by atoms with E-state index in [-0.39, 0.29) is 11.5 Å². The minimum atomic E-state index is -0.193. The van der Waals surface area contributed by atoms with Gasteiger partial charge in [0.05, 0.1) is 5.56 Å². The van der Waals surface area contributed by atoms with E-state index in [0.717, 1.165) is 19.3 Å². The van der Waals surface area contributed by atoms with Crippen LogP contribution in [-0.4, -0.2) is 34.9 Å². The van der Waals surface area contributed by atoms with Gasteiger partial charge in [-0.15, -0.1) is 0 Å². The van der Waals surface area contributed by atoms with Gasteiger partial charge in [0, 0.05) is 24.8 Å². The highest BCUT2D eigenvalue weighted by atomic mass is 16.2. The van der Waals surface area contributed by atoms with E-state index in [0.29, 0.717) is 24.7 Å². The molecule has 1 fully saturated rings. The van der Waals surface area contributed by atoms with Crippen molar-refractivity contribution in [2.75, 3.05) is 13.1 Å². The van der Waals surface area contributed by atoms with Crippen molar-refractivity contribution in [2.45, 2.75) is 25.3 Å². The summed E-state index contributed by atoms with van der Waals surface area (Å²) in [5.74, 6) is -0.0165. The molecule has 0 aliphatic heterocycles. The van der Waals surface area contributed by atoms with Crippen molar-refractivity contribution in [3.05, 3.63) is 34.2 Å². The molecule has 1 saturated carbocycles. The van der Waals surface area contributed by atoms with E-state index < -0.39 is 0 Å². The van der Waals surface area contributed by atoms with Gasteiger partial charge in [0.25, 0.3) is 5.91 Å². The highest BCUT2D eigenvalue weighted by Gasteiger charge is 2.32. The molecule has 1 aliphatic carbocycles. The monoisotopic (exact) mass is 235 g/mol. The van der Waals surface area contributed by atoms with Crippen LogP contribution >= 0.6 is 0 Å². The quantitative estimate of drug-likeness (QED) is 0.771. The molecule has 17 heavy (non-hydrogen) atoms. The van der Waals surface area contributed by atoms with Gasteiger partial charge in [-0.2, -0.15) is 0 Å². The van der Waals surface area contributed by atoms with E-state index in [9.17, 15) is 9.59 Å². The van der Waals surface area contributed by atoms with Gasteiger partial charge >= 0.3 is 0 Å². The molecule has 5 nitrogen and oxygen atoms in total. The number of hydrogen-bond acceptors (Lipinski definition) is 3. The molecule has 0 bridgehead atoms. The van der Waals surface area contributed by atoms with Crippen LogP contribution in [0.2, 0.25) is 0 Å². The second kappa shape index (κ2) is 5.14. The lowest BCUT2D eigenvalue weighted by Gasteiger charge is -2.22. The van der Waals surface area contributed by atoms with Crippen molar-refractivity contribution in [3.8, 4) is 0 Å². The number of aromatic nitrogens is 1. The Balaban J connectivity index is 2.09. The summed E-state index contributed by atoms with van der Waals surface area (Å²) in [7, 11) is 0. The summed E-state index contributed by atoms with van der Waals surface area (Å²) in [6.07, 6.45) is 4.42. The lowest BCUT2D eigenvalue weighted by Crippen LogP contribution is -2.35. The van der Waals surface area contributed by atoms with Crippen molar-refractivity contribution in [2.24, 2.45) is 5.73 Å². The lowest BCUT2D eigenvalue weighted by molar-refractivity contribution is 0.0741. The summed E-state index contributed by atoms with van der Waals surface area (Å²) < 4.78 is 0. The van der Waals surface area contributed by atoms with E-state index in [1.807, 2.05) is 4.90 Å². The van der Waals surface area contributed by atoms with Crippen LogP contribution in [0.25, 0.3) is 0 Å². The van der Waals surface area contributed by atoms with Crippen LogP contribution in [-0.2, 0) is 0 Å². The second-order valence-corrected chi connectivity index (χ2v) is 4.31. The SMILES string of the molecule is NCCCN(C(=O)c1ccc(=O)[nH]c1)C1CC1. The van der Waals surface area contributed by atoms with Gasteiger partial charge in [-0.05, 0) is 31.9 Å². The molecule has 1 aromatic rings. The van der Waals surface area contributed by atoms with E-state index in [1.54, 1.807) is 6.07 Å². The molecule has 0 atom stereocenters. The number of carbonyl (C=O) groups is 1. The summed E-state index contributed by atoms with van der Waals surface area (Å²) in [5, 5.41) is 0. The molecule has 1 amide bonds. The van der Waals surface area contributed by atoms with Crippen molar-refractivity contribution >= 4 is 5.91 Å². The smallest absolute Gasteiger partial charge is 0.255 e. The first-order valence-electron chi connectivity index (χ1n) is 5.92. The number of aromatic amines is 1. The Kier molecular flexibility index (Phi) is 3.58. The molecule has 0 aromatic carbocycles. The van der Waals surface area contributed by atoms with Crippen molar-refractivity contribution < 1.29 is 4.79 Å². The van der Waals surface area contributed by atoms with Gasteiger partial charge in [0.1, 0.15) is 0 Å². The molecular weight excluding hydrogens is 218 g/mol. The molecule has 0 saturated heterocycles. The Bertz CT molecular complexity index is 431. The second-order valence-electron chi connectivity index (χ2n) is 4.31. The fraction of sp³-hybridized carbons (Fsp3) is 0.500. The highest BCUT2D eigenvalue weighted by molar-refractivity contribution is 5.94. The zero-order valence-electron chi connectivity index (χ0n) is 9.69. The fourth-order valence-corrected chi connectivity index (χ4v) is 1.81. The van der Waals surface area contributed by atoms with Crippen LogP contribution in [0.3, 0.4) is 0 Å². The third kappa shape index (κ3) is 2.94. The number of H-pyrrole nitrogens is 1. The standard InChI is InChI=1S/C12H17N3O2/c13-6-1-7-15(10-3-4-10)12(17)9-2-5-11(16)14-8-9/h2,5,8,10H,1,3-4,6-7,13H2,(H,14,16). The molecule has 0 unspecified atom stereocenters. The van der Waals surface area contributed by atoms with E-state index in [4.69, 9.17) is 5.73 Å². The Morgan fingerprint density at radius 3 is 2.76 bits per heavy atom. The summed E-state index contributed by atoms with van der Waals surface area (Å²) in [6.45, 7) is 1.28. The van der Waals surface area contributed by atoms with Gasteiger partial charge in [-0.3, -0.25) is 9.59 Å². The predicted octanol–water partition coefficient (Wildman–Crippen LogP) is 0.328. The molecule has 92 valence electrons. The zero-order chi connectivity index (χ0) is 12.3. The van der Waals surface area contributed by atoms with Crippen molar-refractivity contribution in [1.82, 2.24) is 9.88 Å². The normalized spacial score (nSPS) is 14.6. The number of amides is 1. The third-order valence-corrected chi connectivity index (χ3v) is 2.88. The molecule has 1 aromatic heterocycles. The molecule has 1 aliphatic rings. The molecule has 0 radical (unpaired) electrons. The molecule has 3 N–H and O–H groups in total. The average molecular weight is 235 g/mol. The van der Waals surface area contributed by atoms with Crippen LogP contribution in [0.15, 0.2) is 23.1 Å². The topological polar surface area (TPSA) is 79.2 Å². The maximum absolute atomic E-state index is 12.2. The van der Waals surface area contributed by atoms with Crippen LogP contribution < -0.4 is 11.3 Å². The molecule has 0 spiro atoms. The van der Waals surface area contributed by atoms with Crippen LogP contribution in [0.1, 0.15) is 29.6 Å². The maximum Gasteiger partial charge on any atom is 0.255 e. The predicted molar refractivity (Wildman–Crippen MR) is 64.8 cm³/mol. The number of hydrogen-bond donors (Lipinski definition) is 2. The van der Waals surface area contributed by atoms with Gasteiger partial charge < -0.3 is 15.6 Å². The summed E-state index contributed by atoms with van der Waals surface area (Å²) in [4.78, 5) is 27.5. The highest BCUT2D eigenvalue weighted by Crippen LogP contribution is 2.28. The summed E-state index contributed by atoms with van der Waals surface area (Å²) in [6, 6.07) is 3.31. The summed E-state index contributed by atoms with van der Waals surface area (Å²) in [5.41, 5.74) is 5.81. The molecule has 2 rings (SSSR count). The molecule has 5 heteroatoms. The minimum absolute atomic E-state index is 0.0165. The Morgan fingerprint density at radius 2 is 2.24 bits per heavy atom. The molecule has 1 heterocycles. The van der Waals surface area contributed by atoms with E-state index in [2.05, 4.69) is 4.98 Å². The van der Waals surface area contributed by atoms with Gasteiger partial charge in [-0.25, -0.2) is 0 Å². The van der Waals surface area contributed by atoms with Gasteiger partial charge in [0.2, 0.25) is 5.56 Å². The van der Waals surface area contributed by atoms with Gasteiger partial charge in [0.15, 0.2) is 0 Å². The Morgan fingerprint density at radius 1 is 1.47 bits per heavy atom. The first-order chi connectivity index (χ1) is 8.22.